The first-order valence-corrected chi connectivity index (χ1v) is 9.64. The molecule has 1 aromatic rings. The van der Waals surface area contributed by atoms with Crippen LogP contribution in [0.2, 0.25) is 0 Å². The van der Waals surface area contributed by atoms with E-state index in [1.807, 2.05) is 24.3 Å². The molecule has 4 N–H and O–H groups in total. The zero-order valence-electron chi connectivity index (χ0n) is 15.5. The summed E-state index contributed by atoms with van der Waals surface area (Å²) >= 11 is 0. The number of rotatable bonds is 5. The van der Waals surface area contributed by atoms with Crippen LogP contribution < -0.4 is 16.4 Å². The molecule has 1 saturated heterocycles. The number of likely N-dealkylation sites (N-methyl/N-ethyl adjacent to an activating group) is 1. The molecule has 2 aliphatic heterocycles. The van der Waals surface area contributed by atoms with Crippen LogP contribution >= 0.6 is 0 Å². The number of nitrogens with zero attached hydrogens (tertiary/aromatic N) is 1. The van der Waals surface area contributed by atoms with Gasteiger partial charge in [0.1, 0.15) is 6.04 Å². The predicted octanol–water partition coefficient (Wildman–Crippen LogP) is 0.741. The first-order chi connectivity index (χ1) is 13.0. The summed E-state index contributed by atoms with van der Waals surface area (Å²) in [7, 11) is 1.77. The Labute approximate surface area is 158 Å². The number of hydrogen-bond donors (Lipinski definition) is 3. The van der Waals surface area contributed by atoms with Crippen LogP contribution in [-0.2, 0) is 19.8 Å². The number of benzene rings is 1. The van der Waals surface area contributed by atoms with E-state index >= 15 is 0 Å². The Kier molecular flexibility index (Phi) is 4.42. The van der Waals surface area contributed by atoms with Crippen molar-refractivity contribution in [3.05, 3.63) is 29.8 Å². The number of para-hydroxylation sites is 1. The van der Waals surface area contributed by atoms with Crippen molar-refractivity contribution in [1.29, 1.82) is 0 Å². The van der Waals surface area contributed by atoms with Crippen molar-refractivity contribution >= 4 is 23.4 Å². The summed E-state index contributed by atoms with van der Waals surface area (Å²) in [4.78, 5) is 39.8. The maximum atomic E-state index is 13.2. The highest BCUT2D eigenvalue weighted by Crippen LogP contribution is 2.46. The van der Waals surface area contributed by atoms with Crippen molar-refractivity contribution < 1.29 is 14.4 Å². The van der Waals surface area contributed by atoms with E-state index in [0.717, 1.165) is 30.5 Å². The Morgan fingerprint density at radius 1 is 1.37 bits per heavy atom. The van der Waals surface area contributed by atoms with Gasteiger partial charge in [-0.2, -0.15) is 0 Å². The lowest BCUT2D eigenvalue weighted by atomic mass is 9.79. The first-order valence-electron chi connectivity index (χ1n) is 9.64. The maximum Gasteiger partial charge on any atom is 0.240 e. The zero-order valence-corrected chi connectivity index (χ0v) is 15.5. The van der Waals surface area contributed by atoms with Crippen LogP contribution in [-0.4, -0.2) is 48.3 Å². The summed E-state index contributed by atoms with van der Waals surface area (Å²) in [6.07, 6.45) is 4.49. The largest absolute Gasteiger partial charge is 0.368 e. The minimum atomic E-state index is -0.902. The molecule has 7 heteroatoms. The van der Waals surface area contributed by atoms with E-state index in [4.69, 9.17) is 5.73 Å². The van der Waals surface area contributed by atoms with Gasteiger partial charge in [-0.15, -0.1) is 0 Å². The number of primary amides is 1. The summed E-state index contributed by atoms with van der Waals surface area (Å²) in [6, 6.07) is 6.34. The fourth-order valence-corrected chi connectivity index (χ4v) is 4.73. The molecule has 27 heavy (non-hydrogen) atoms. The number of hydrogen-bond acceptors (Lipinski definition) is 4. The number of amides is 3. The molecular weight excluding hydrogens is 344 g/mol. The van der Waals surface area contributed by atoms with Gasteiger partial charge in [-0.1, -0.05) is 37.5 Å². The van der Waals surface area contributed by atoms with Gasteiger partial charge in [-0.25, -0.2) is 0 Å². The molecule has 3 atom stereocenters. The van der Waals surface area contributed by atoms with E-state index in [2.05, 4.69) is 10.6 Å². The first kappa shape index (κ1) is 18.0. The molecule has 0 aromatic heterocycles. The highest BCUT2D eigenvalue weighted by atomic mass is 16.2. The highest BCUT2D eigenvalue weighted by Gasteiger charge is 2.57. The maximum absolute atomic E-state index is 13.2. The molecule has 7 nitrogen and oxygen atoms in total. The lowest BCUT2D eigenvalue weighted by Gasteiger charge is -2.32. The Hall–Kier alpha value is -2.41. The Balaban J connectivity index is 1.64. The van der Waals surface area contributed by atoms with Crippen molar-refractivity contribution in [2.45, 2.75) is 49.6 Å². The molecule has 3 amide bonds. The van der Waals surface area contributed by atoms with Crippen LogP contribution in [0.4, 0.5) is 5.69 Å². The molecule has 0 bridgehead atoms. The third-order valence-corrected chi connectivity index (χ3v) is 6.54. The Morgan fingerprint density at radius 2 is 2.11 bits per heavy atom. The summed E-state index contributed by atoms with van der Waals surface area (Å²) in [5, 5.41) is 6.00. The van der Waals surface area contributed by atoms with Gasteiger partial charge in [-0.3, -0.25) is 14.4 Å². The molecule has 0 radical (unpaired) electrons. The number of nitrogens with one attached hydrogen (secondary N) is 2. The van der Waals surface area contributed by atoms with Gasteiger partial charge in [0.15, 0.2) is 0 Å². The van der Waals surface area contributed by atoms with Crippen molar-refractivity contribution in [1.82, 2.24) is 10.2 Å². The van der Waals surface area contributed by atoms with Crippen LogP contribution in [0.3, 0.4) is 0 Å². The zero-order chi connectivity index (χ0) is 19.2. The second kappa shape index (κ2) is 6.64. The van der Waals surface area contributed by atoms with Gasteiger partial charge in [0.2, 0.25) is 17.7 Å². The van der Waals surface area contributed by atoms with Crippen LogP contribution in [0.1, 0.15) is 37.7 Å². The van der Waals surface area contributed by atoms with Crippen LogP contribution in [0.15, 0.2) is 24.3 Å². The molecule has 2 fully saturated rings. The highest BCUT2D eigenvalue weighted by molar-refractivity contribution is 6.08. The number of likely N-dealkylation sites (tertiary alicyclic amines) is 1. The SMILES string of the molecule is CN[C@@H](CC1CCC1)C(=O)N1C[C@]2(C[C@H]1C(N)=O)C(=O)Nc1ccccc12. The quantitative estimate of drug-likeness (QED) is 0.711. The van der Waals surface area contributed by atoms with Crippen molar-refractivity contribution in [3.63, 3.8) is 0 Å². The fraction of sp³-hybridized carbons (Fsp3) is 0.550. The molecular formula is C20H26N4O3. The van der Waals surface area contributed by atoms with Gasteiger partial charge >= 0.3 is 0 Å². The van der Waals surface area contributed by atoms with Crippen molar-refractivity contribution in [2.24, 2.45) is 11.7 Å². The van der Waals surface area contributed by atoms with Gasteiger partial charge in [-0.05, 0) is 37.4 Å². The number of anilines is 1. The van der Waals surface area contributed by atoms with E-state index in [1.54, 1.807) is 7.05 Å². The Morgan fingerprint density at radius 3 is 2.74 bits per heavy atom. The van der Waals surface area contributed by atoms with Gasteiger partial charge in [0.05, 0.1) is 11.5 Å². The standard InChI is InChI=1S/C20H26N4O3/c1-22-15(9-12-5-4-6-12)18(26)24-11-20(10-16(24)17(21)25)13-7-2-3-8-14(13)23-19(20)27/h2-3,7-8,12,15-16,22H,4-6,9-11H2,1H3,(H2,21,25)(H,23,27)/t15-,16-,20-/m0/s1. The van der Waals surface area contributed by atoms with E-state index in [9.17, 15) is 14.4 Å². The second-order valence-electron chi connectivity index (χ2n) is 8.04. The van der Waals surface area contributed by atoms with Crippen LogP contribution in [0.5, 0.6) is 0 Å². The molecule has 0 unspecified atom stereocenters. The molecule has 2 heterocycles. The molecule has 4 rings (SSSR count). The molecule has 1 spiro atoms. The fourth-order valence-electron chi connectivity index (χ4n) is 4.73. The summed E-state index contributed by atoms with van der Waals surface area (Å²) < 4.78 is 0. The summed E-state index contributed by atoms with van der Waals surface area (Å²) in [5.41, 5.74) is 6.33. The van der Waals surface area contributed by atoms with Gasteiger partial charge in [0, 0.05) is 12.2 Å². The van der Waals surface area contributed by atoms with Crippen molar-refractivity contribution in [3.8, 4) is 0 Å². The Bertz CT molecular complexity index is 791. The molecule has 1 saturated carbocycles. The minimum absolute atomic E-state index is 0.137. The topological polar surface area (TPSA) is 105 Å². The third kappa shape index (κ3) is 2.81. The molecule has 1 aliphatic carbocycles. The number of nitrogens with two attached hydrogens (primary N) is 1. The van der Waals surface area contributed by atoms with Crippen molar-refractivity contribution in [2.75, 3.05) is 18.9 Å². The third-order valence-electron chi connectivity index (χ3n) is 6.54. The number of carbonyl (C=O) groups excluding carboxylic acids is 3. The van der Waals surface area contributed by atoms with E-state index in [1.165, 1.54) is 11.3 Å². The molecule has 144 valence electrons. The molecule has 1 aromatic carbocycles. The van der Waals surface area contributed by atoms with Gasteiger partial charge < -0.3 is 21.3 Å². The monoisotopic (exact) mass is 370 g/mol. The molecule has 3 aliphatic rings. The average Bonchev–Trinajstić information content (AvgIpc) is 3.14. The van der Waals surface area contributed by atoms with Crippen LogP contribution in [0, 0.1) is 5.92 Å². The van der Waals surface area contributed by atoms with E-state index in [-0.39, 0.29) is 30.8 Å². The van der Waals surface area contributed by atoms with Gasteiger partial charge in [0.25, 0.3) is 0 Å². The normalized spacial score (nSPS) is 28.0. The smallest absolute Gasteiger partial charge is 0.240 e. The minimum Gasteiger partial charge on any atom is -0.368 e. The number of carbonyl (C=O) groups is 3. The summed E-state index contributed by atoms with van der Waals surface area (Å²) in [6.45, 7) is 0.186. The van der Waals surface area contributed by atoms with E-state index in [0.29, 0.717) is 5.92 Å². The number of fused-ring (bicyclic) bond motifs is 2. The predicted molar refractivity (Wildman–Crippen MR) is 101 cm³/mol. The van der Waals surface area contributed by atoms with E-state index < -0.39 is 17.4 Å². The lowest BCUT2D eigenvalue weighted by molar-refractivity contribution is -0.139. The summed E-state index contributed by atoms with van der Waals surface area (Å²) in [5.74, 6) is -0.311. The lowest BCUT2D eigenvalue weighted by Crippen LogP contribution is -2.52. The van der Waals surface area contributed by atoms with Crippen LogP contribution in [0.25, 0.3) is 0 Å². The average molecular weight is 370 g/mol. The second-order valence-corrected chi connectivity index (χ2v) is 8.04.